The van der Waals surface area contributed by atoms with Crippen molar-refractivity contribution in [2.24, 2.45) is 10.9 Å². The minimum atomic E-state index is -0.134. The van der Waals surface area contributed by atoms with Gasteiger partial charge in [-0.25, -0.2) is 4.99 Å². The molecule has 1 aliphatic heterocycles. The summed E-state index contributed by atoms with van der Waals surface area (Å²) in [5, 5.41) is 2.90. The predicted molar refractivity (Wildman–Crippen MR) is 133 cm³/mol. The number of nitrogens with zero attached hydrogens (tertiary/aromatic N) is 1. The van der Waals surface area contributed by atoms with E-state index in [1.54, 1.807) is 0 Å². The molecule has 0 radical (unpaired) electrons. The summed E-state index contributed by atoms with van der Waals surface area (Å²) in [6.07, 6.45) is 13.8. The number of hydrogen-bond donors (Lipinski definition) is 1. The van der Waals surface area contributed by atoms with E-state index in [2.05, 4.69) is 44.6 Å². The number of carbonyl (C=O) groups excluding carboxylic acids is 1. The maximum atomic E-state index is 12.4. The largest absolute Gasteiger partial charge is 0.372 e. The van der Waals surface area contributed by atoms with E-state index < -0.39 is 0 Å². The van der Waals surface area contributed by atoms with Crippen molar-refractivity contribution < 1.29 is 9.53 Å². The van der Waals surface area contributed by atoms with Crippen molar-refractivity contribution in [1.82, 2.24) is 5.32 Å². The van der Waals surface area contributed by atoms with Crippen molar-refractivity contribution in [3.63, 3.8) is 0 Å². The standard InChI is InChI=1S/C22H36N2O2.C5H10/c1-8-10-17(4)20(13-12-16(2)3)23-18(5)24-21(25)15-19-11-9-14-22(6,7)26-19;1-5-3-2-4-5/h12-13,19H,4,8-11,14-15H2,1-3,5-7H3,(H,23,24,25);5H,2-4H2,1H3/b20-13+;. The highest BCUT2D eigenvalue weighted by Crippen LogP contribution is 2.29. The molecule has 1 aliphatic carbocycles. The third kappa shape index (κ3) is 12.1. The van der Waals surface area contributed by atoms with E-state index in [0.717, 1.165) is 49.3 Å². The zero-order valence-corrected chi connectivity index (χ0v) is 21.1. The normalized spacial score (nSPS) is 21.3. The number of rotatable bonds is 7. The highest BCUT2D eigenvalue weighted by Gasteiger charge is 2.29. The van der Waals surface area contributed by atoms with Crippen LogP contribution in [0, 0.1) is 5.92 Å². The topological polar surface area (TPSA) is 50.7 Å². The Kier molecular flexibility index (Phi) is 12.1. The zero-order valence-electron chi connectivity index (χ0n) is 21.1. The van der Waals surface area contributed by atoms with Crippen LogP contribution in [0.3, 0.4) is 0 Å². The third-order valence-electron chi connectivity index (χ3n) is 5.69. The monoisotopic (exact) mass is 430 g/mol. The minimum absolute atomic E-state index is 0.0118. The first kappa shape index (κ1) is 27.4. The molecule has 1 saturated heterocycles. The fraction of sp³-hybridized carbons (Fsp3) is 0.704. The summed E-state index contributed by atoms with van der Waals surface area (Å²) >= 11 is 0. The van der Waals surface area contributed by atoms with Crippen LogP contribution in [0.4, 0.5) is 0 Å². The molecule has 1 N–H and O–H groups in total. The Hall–Kier alpha value is -1.68. The van der Waals surface area contributed by atoms with Crippen molar-refractivity contribution in [1.29, 1.82) is 0 Å². The van der Waals surface area contributed by atoms with Crippen LogP contribution in [0.25, 0.3) is 0 Å². The van der Waals surface area contributed by atoms with Gasteiger partial charge in [-0.3, -0.25) is 4.79 Å². The SMILES string of the molecule is C=C(CCC)/C(=C\C=C(C)C)N=C(C)NC(=O)CC1CCCC(C)(C)O1.CC1CCC1. The molecule has 0 aromatic heterocycles. The van der Waals surface area contributed by atoms with E-state index in [0.29, 0.717) is 12.3 Å². The number of aliphatic imine (C=N–C) groups is 1. The summed E-state index contributed by atoms with van der Waals surface area (Å²) in [7, 11) is 0. The lowest BCUT2D eigenvalue weighted by Gasteiger charge is -2.35. The van der Waals surface area contributed by atoms with Crippen LogP contribution < -0.4 is 5.32 Å². The molecule has 0 spiro atoms. The molecule has 0 aromatic carbocycles. The summed E-state index contributed by atoms with van der Waals surface area (Å²) in [4.78, 5) is 16.9. The Bertz CT molecular complexity index is 677. The van der Waals surface area contributed by atoms with Gasteiger partial charge >= 0.3 is 0 Å². The smallest absolute Gasteiger partial charge is 0.227 e. The molecule has 1 amide bonds. The molecule has 1 saturated carbocycles. The zero-order chi connectivity index (χ0) is 23.4. The molecule has 1 unspecified atom stereocenters. The van der Waals surface area contributed by atoms with E-state index >= 15 is 0 Å². The van der Waals surface area contributed by atoms with Crippen LogP contribution in [0.15, 0.2) is 40.6 Å². The Morgan fingerprint density at radius 3 is 2.29 bits per heavy atom. The lowest BCUT2D eigenvalue weighted by atomic mass is 9.88. The van der Waals surface area contributed by atoms with Crippen LogP contribution in [-0.2, 0) is 9.53 Å². The van der Waals surface area contributed by atoms with Crippen LogP contribution in [-0.4, -0.2) is 23.4 Å². The van der Waals surface area contributed by atoms with Gasteiger partial charge in [0.05, 0.1) is 23.8 Å². The third-order valence-corrected chi connectivity index (χ3v) is 5.69. The van der Waals surface area contributed by atoms with Gasteiger partial charge in [0, 0.05) is 0 Å². The molecular formula is C27H46N2O2. The Morgan fingerprint density at radius 1 is 1.16 bits per heavy atom. The van der Waals surface area contributed by atoms with E-state index in [4.69, 9.17) is 4.74 Å². The summed E-state index contributed by atoms with van der Waals surface area (Å²) in [6.45, 7) is 18.6. The van der Waals surface area contributed by atoms with E-state index in [9.17, 15) is 4.79 Å². The van der Waals surface area contributed by atoms with Gasteiger partial charge in [-0.2, -0.15) is 0 Å². The van der Waals surface area contributed by atoms with Crippen LogP contribution >= 0.6 is 0 Å². The first-order valence-electron chi connectivity index (χ1n) is 12.1. The average Bonchev–Trinajstić information content (AvgIpc) is 2.63. The predicted octanol–water partition coefficient (Wildman–Crippen LogP) is 7.27. The molecule has 1 atom stereocenters. The van der Waals surface area contributed by atoms with Crippen LogP contribution in [0.1, 0.15) is 106 Å². The number of carbonyl (C=O) groups is 1. The number of hydrogen-bond acceptors (Lipinski definition) is 3. The molecule has 2 rings (SSSR count). The second-order valence-electron chi connectivity index (χ2n) is 10.0. The van der Waals surface area contributed by atoms with Crippen molar-refractivity contribution >= 4 is 11.7 Å². The lowest BCUT2D eigenvalue weighted by molar-refractivity contribution is -0.134. The van der Waals surface area contributed by atoms with Gasteiger partial charge in [0.25, 0.3) is 0 Å². The summed E-state index contributed by atoms with van der Waals surface area (Å²) in [6, 6.07) is 0. The highest BCUT2D eigenvalue weighted by atomic mass is 16.5. The molecule has 1 heterocycles. The minimum Gasteiger partial charge on any atom is -0.372 e. The number of allylic oxidation sites excluding steroid dienone is 4. The van der Waals surface area contributed by atoms with Gasteiger partial charge in [-0.05, 0) is 77.9 Å². The maximum absolute atomic E-state index is 12.4. The van der Waals surface area contributed by atoms with Crippen molar-refractivity contribution in [2.75, 3.05) is 0 Å². The highest BCUT2D eigenvalue weighted by molar-refractivity contribution is 5.97. The Balaban J connectivity index is 0.000000836. The molecular weight excluding hydrogens is 384 g/mol. The molecule has 4 nitrogen and oxygen atoms in total. The summed E-state index contributed by atoms with van der Waals surface area (Å²) in [5.41, 5.74) is 2.86. The molecule has 0 bridgehead atoms. The van der Waals surface area contributed by atoms with E-state index in [1.165, 1.54) is 24.8 Å². The van der Waals surface area contributed by atoms with Gasteiger partial charge in [0.1, 0.15) is 5.84 Å². The molecule has 2 fully saturated rings. The van der Waals surface area contributed by atoms with Crippen LogP contribution in [0.5, 0.6) is 0 Å². The first-order chi connectivity index (χ1) is 14.5. The Morgan fingerprint density at radius 2 is 1.81 bits per heavy atom. The second kappa shape index (κ2) is 13.7. The number of ether oxygens (including phenoxy) is 1. The first-order valence-corrected chi connectivity index (χ1v) is 12.1. The van der Waals surface area contributed by atoms with Crippen LogP contribution in [0.2, 0.25) is 0 Å². The van der Waals surface area contributed by atoms with Gasteiger partial charge in [-0.15, -0.1) is 0 Å². The van der Waals surface area contributed by atoms with E-state index in [1.807, 2.05) is 32.9 Å². The number of amidine groups is 1. The van der Waals surface area contributed by atoms with Gasteiger partial charge in [-0.1, -0.05) is 57.8 Å². The number of nitrogens with one attached hydrogen (secondary N) is 1. The van der Waals surface area contributed by atoms with Gasteiger partial charge < -0.3 is 10.1 Å². The van der Waals surface area contributed by atoms with Gasteiger partial charge in [0.2, 0.25) is 5.91 Å². The van der Waals surface area contributed by atoms with Gasteiger partial charge in [0.15, 0.2) is 0 Å². The molecule has 2 aliphatic rings. The van der Waals surface area contributed by atoms with Crippen molar-refractivity contribution in [3.05, 3.63) is 35.6 Å². The lowest BCUT2D eigenvalue weighted by Crippen LogP contribution is -2.39. The molecule has 31 heavy (non-hydrogen) atoms. The molecule has 0 aromatic rings. The summed E-state index contributed by atoms with van der Waals surface area (Å²) < 4.78 is 6.01. The molecule has 4 heteroatoms. The fourth-order valence-corrected chi connectivity index (χ4v) is 3.66. The number of amides is 1. The second-order valence-corrected chi connectivity index (χ2v) is 10.0. The van der Waals surface area contributed by atoms with E-state index in [-0.39, 0.29) is 17.6 Å². The fourth-order valence-electron chi connectivity index (χ4n) is 3.66. The Labute approximate surface area is 191 Å². The summed E-state index contributed by atoms with van der Waals surface area (Å²) in [5.74, 6) is 1.61. The van der Waals surface area contributed by atoms with Crippen molar-refractivity contribution in [2.45, 2.75) is 118 Å². The molecule has 176 valence electrons. The quantitative estimate of drug-likeness (QED) is 0.262. The maximum Gasteiger partial charge on any atom is 0.227 e. The van der Waals surface area contributed by atoms with Crippen molar-refractivity contribution in [3.8, 4) is 0 Å². The average molecular weight is 431 g/mol.